The van der Waals surface area contributed by atoms with Crippen LogP contribution in [-0.4, -0.2) is 29.1 Å². The van der Waals surface area contributed by atoms with Crippen LogP contribution < -0.4 is 21.1 Å². The number of nitrogens with two attached hydrogens (primary N) is 1. The van der Waals surface area contributed by atoms with Crippen LogP contribution in [0.15, 0.2) is 24.3 Å². The van der Waals surface area contributed by atoms with Crippen molar-refractivity contribution < 1.29 is 14.3 Å². The van der Waals surface area contributed by atoms with E-state index in [9.17, 15) is 9.59 Å². The molecule has 1 heterocycles. The van der Waals surface area contributed by atoms with Gasteiger partial charge in [-0.05, 0) is 18.2 Å². The molecule has 0 radical (unpaired) electrons. The highest BCUT2D eigenvalue weighted by atomic mass is 16.5. The van der Waals surface area contributed by atoms with Crippen LogP contribution in [0.4, 0.5) is 17.2 Å². The van der Waals surface area contributed by atoms with Gasteiger partial charge in [0.15, 0.2) is 0 Å². The smallest absolute Gasteiger partial charge is 0.273 e. The molecule has 0 saturated carbocycles. The Morgan fingerprint density at radius 1 is 1.29 bits per heavy atom. The van der Waals surface area contributed by atoms with Gasteiger partial charge in [0, 0.05) is 18.7 Å². The normalized spacial score (nSPS) is 10.0. The molecular formula is C13H15N5O3. The highest BCUT2D eigenvalue weighted by Crippen LogP contribution is 2.28. The Morgan fingerprint density at radius 2 is 2.05 bits per heavy atom. The second-order valence-corrected chi connectivity index (χ2v) is 4.26. The highest BCUT2D eigenvalue weighted by Gasteiger charge is 2.13. The molecule has 0 bridgehead atoms. The summed E-state index contributed by atoms with van der Waals surface area (Å²) < 4.78 is 5.17. The van der Waals surface area contributed by atoms with Gasteiger partial charge in [0.2, 0.25) is 5.91 Å². The minimum Gasteiger partial charge on any atom is -0.495 e. The van der Waals surface area contributed by atoms with Gasteiger partial charge in [-0.15, -0.1) is 0 Å². The lowest BCUT2D eigenvalue weighted by Crippen LogP contribution is -2.14. The van der Waals surface area contributed by atoms with Crippen molar-refractivity contribution >= 4 is 29.0 Å². The number of hydrogen-bond donors (Lipinski definition) is 4. The average molecular weight is 289 g/mol. The first-order valence-corrected chi connectivity index (χ1v) is 6.07. The molecule has 8 nitrogen and oxygen atoms in total. The van der Waals surface area contributed by atoms with Crippen molar-refractivity contribution in [2.24, 2.45) is 0 Å². The summed E-state index contributed by atoms with van der Waals surface area (Å²) in [6.07, 6.45) is 0. The highest BCUT2D eigenvalue weighted by molar-refractivity contribution is 6.04. The van der Waals surface area contributed by atoms with Gasteiger partial charge in [-0.3, -0.25) is 14.7 Å². The molecule has 5 N–H and O–H groups in total. The second-order valence-electron chi connectivity index (χ2n) is 4.26. The third kappa shape index (κ3) is 3.50. The molecule has 0 aliphatic rings. The van der Waals surface area contributed by atoms with Gasteiger partial charge in [-0.2, -0.15) is 5.10 Å². The molecule has 2 rings (SSSR count). The summed E-state index contributed by atoms with van der Waals surface area (Å²) in [6.45, 7) is 1.40. The number of nitrogen functional groups attached to an aromatic ring is 1. The van der Waals surface area contributed by atoms with E-state index in [-0.39, 0.29) is 17.4 Å². The summed E-state index contributed by atoms with van der Waals surface area (Å²) in [7, 11) is 1.48. The number of aromatic amines is 1. The number of nitrogens with zero attached hydrogens (tertiary/aromatic N) is 1. The first-order valence-electron chi connectivity index (χ1n) is 6.07. The van der Waals surface area contributed by atoms with Crippen LogP contribution in [0.5, 0.6) is 5.75 Å². The Kier molecular flexibility index (Phi) is 4.07. The van der Waals surface area contributed by atoms with Crippen molar-refractivity contribution in [1.29, 1.82) is 0 Å². The number of benzene rings is 1. The maximum atomic E-state index is 12.0. The van der Waals surface area contributed by atoms with E-state index in [0.717, 1.165) is 0 Å². The first kappa shape index (κ1) is 14.4. The van der Waals surface area contributed by atoms with Crippen molar-refractivity contribution in [2.75, 3.05) is 23.5 Å². The number of methoxy groups -OCH3 is 1. The molecule has 0 aliphatic carbocycles. The van der Waals surface area contributed by atoms with Gasteiger partial charge in [-0.1, -0.05) is 0 Å². The van der Waals surface area contributed by atoms with Crippen molar-refractivity contribution in [2.45, 2.75) is 6.92 Å². The number of carbonyl (C=O) groups is 2. The van der Waals surface area contributed by atoms with Gasteiger partial charge in [0.25, 0.3) is 5.91 Å². The third-order valence-corrected chi connectivity index (χ3v) is 2.61. The lowest BCUT2D eigenvalue weighted by molar-refractivity contribution is -0.114. The van der Waals surface area contributed by atoms with E-state index >= 15 is 0 Å². The molecule has 1 aromatic heterocycles. The number of nitrogens with one attached hydrogen (secondary N) is 3. The van der Waals surface area contributed by atoms with Crippen LogP contribution in [-0.2, 0) is 4.79 Å². The number of carbonyl (C=O) groups excluding carboxylic acids is 2. The van der Waals surface area contributed by atoms with E-state index in [1.54, 1.807) is 18.2 Å². The summed E-state index contributed by atoms with van der Waals surface area (Å²) >= 11 is 0. The molecule has 0 unspecified atom stereocenters. The fourth-order valence-electron chi connectivity index (χ4n) is 1.73. The van der Waals surface area contributed by atoms with Gasteiger partial charge < -0.3 is 21.1 Å². The summed E-state index contributed by atoms with van der Waals surface area (Å²) in [6, 6.07) is 6.32. The zero-order chi connectivity index (χ0) is 15.4. The number of hydrogen-bond acceptors (Lipinski definition) is 5. The molecular weight excluding hydrogens is 274 g/mol. The van der Waals surface area contributed by atoms with E-state index in [0.29, 0.717) is 17.1 Å². The first-order chi connectivity index (χ1) is 9.99. The average Bonchev–Trinajstić information content (AvgIpc) is 2.85. The minimum atomic E-state index is -0.419. The number of anilines is 3. The molecule has 1 aromatic carbocycles. The van der Waals surface area contributed by atoms with Gasteiger partial charge in [0.05, 0.1) is 12.8 Å². The van der Waals surface area contributed by atoms with Crippen molar-refractivity contribution in [1.82, 2.24) is 10.2 Å². The molecule has 0 fully saturated rings. The summed E-state index contributed by atoms with van der Waals surface area (Å²) in [5.41, 5.74) is 6.63. The molecule has 110 valence electrons. The fourth-order valence-corrected chi connectivity index (χ4v) is 1.73. The van der Waals surface area contributed by atoms with E-state index in [1.807, 2.05) is 0 Å². The standard InChI is InChI=1S/C13H15N5O3/c1-7(19)15-8-3-4-11(21-2)9(5-8)16-13(20)10-6-12(14)18-17-10/h3-6H,1-2H3,(H,15,19)(H,16,20)(H3,14,17,18). The number of amides is 2. The van der Waals surface area contributed by atoms with E-state index in [2.05, 4.69) is 20.8 Å². The van der Waals surface area contributed by atoms with Crippen LogP contribution in [0, 0.1) is 0 Å². The molecule has 0 saturated heterocycles. The van der Waals surface area contributed by atoms with E-state index in [1.165, 1.54) is 20.1 Å². The third-order valence-electron chi connectivity index (χ3n) is 2.61. The minimum absolute atomic E-state index is 0.209. The zero-order valence-corrected chi connectivity index (χ0v) is 11.6. The van der Waals surface area contributed by atoms with Gasteiger partial charge in [-0.25, -0.2) is 0 Å². The monoisotopic (exact) mass is 289 g/mol. The molecule has 0 spiro atoms. The Morgan fingerprint density at radius 3 is 2.62 bits per heavy atom. The van der Waals surface area contributed by atoms with Crippen LogP contribution in [0.3, 0.4) is 0 Å². The molecule has 2 amide bonds. The predicted octanol–water partition coefficient (Wildman–Crippen LogP) is 1.21. The van der Waals surface area contributed by atoms with Crippen LogP contribution in [0.1, 0.15) is 17.4 Å². The van der Waals surface area contributed by atoms with E-state index in [4.69, 9.17) is 10.5 Å². The Labute approximate surface area is 120 Å². The quantitative estimate of drug-likeness (QED) is 0.674. The van der Waals surface area contributed by atoms with Gasteiger partial charge in [0.1, 0.15) is 17.3 Å². The largest absolute Gasteiger partial charge is 0.495 e. The predicted molar refractivity (Wildman–Crippen MR) is 78.3 cm³/mol. The summed E-state index contributed by atoms with van der Waals surface area (Å²) in [5.74, 6) is 0.0558. The summed E-state index contributed by atoms with van der Waals surface area (Å²) in [4.78, 5) is 23.1. The maximum absolute atomic E-state index is 12.0. The van der Waals surface area contributed by atoms with Gasteiger partial charge >= 0.3 is 0 Å². The molecule has 0 aliphatic heterocycles. The van der Waals surface area contributed by atoms with E-state index < -0.39 is 5.91 Å². The van der Waals surface area contributed by atoms with Crippen LogP contribution in [0.2, 0.25) is 0 Å². The Balaban J connectivity index is 2.24. The molecule has 21 heavy (non-hydrogen) atoms. The molecule has 0 atom stereocenters. The number of H-pyrrole nitrogens is 1. The van der Waals surface area contributed by atoms with Crippen LogP contribution >= 0.6 is 0 Å². The molecule has 8 heteroatoms. The lowest BCUT2D eigenvalue weighted by Gasteiger charge is -2.11. The number of ether oxygens (including phenoxy) is 1. The lowest BCUT2D eigenvalue weighted by atomic mass is 10.2. The van der Waals surface area contributed by atoms with Crippen LogP contribution in [0.25, 0.3) is 0 Å². The summed E-state index contributed by atoms with van der Waals surface area (Å²) in [5, 5.41) is 11.5. The van der Waals surface area contributed by atoms with Crippen molar-refractivity contribution in [3.63, 3.8) is 0 Å². The van der Waals surface area contributed by atoms with Crippen molar-refractivity contribution in [3.05, 3.63) is 30.0 Å². The Bertz CT molecular complexity index is 680. The number of aromatic nitrogens is 2. The Hall–Kier alpha value is -3.03. The SMILES string of the molecule is COc1ccc(NC(C)=O)cc1NC(=O)c1cc(N)n[nH]1. The second kappa shape index (κ2) is 5.95. The fraction of sp³-hybridized carbons (Fsp3) is 0.154. The zero-order valence-electron chi connectivity index (χ0n) is 11.6. The maximum Gasteiger partial charge on any atom is 0.273 e. The topological polar surface area (TPSA) is 122 Å². The van der Waals surface area contributed by atoms with Crippen molar-refractivity contribution in [3.8, 4) is 5.75 Å². The molecule has 2 aromatic rings. The number of rotatable bonds is 4.